The van der Waals surface area contributed by atoms with Gasteiger partial charge in [-0.05, 0) is 60.9 Å². The minimum absolute atomic E-state index is 0.189. The number of nitrogens with zero attached hydrogens (tertiary/aromatic N) is 6. The molecule has 1 aliphatic carbocycles. The first-order valence-electron chi connectivity index (χ1n) is 14.6. The van der Waals surface area contributed by atoms with Crippen LogP contribution in [0.2, 0.25) is 0 Å². The highest BCUT2D eigenvalue weighted by Crippen LogP contribution is 2.46. The van der Waals surface area contributed by atoms with Crippen molar-refractivity contribution in [2.24, 2.45) is 12.5 Å². The molecule has 1 saturated carbocycles. The molecule has 0 radical (unpaired) electrons. The zero-order chi connectivity index (χ0) is 27.4. The number of pyridine rings is 1. The van der Waals surface area contributed by atoms with Crippen molar-refractivity contribution in [1.82, 2.24) is 24.8 Å². The molecule has 0 unspecified atom stereocenters. The van der Waals surface area contributed by atoms with Gasteiger partial charge in [-0.2, -0.15) is 0 Å². The van der Waals surface area contributed by atoms with E-state index in [1.807, 2.05) is 17.7 Å². The van der Waals surface area contributed by atoms with E-state index in [1.54, 1.807) is 11.1 Å². The summed E-state index contributed by atoms with van der Waals surface area (Å²) in [5.74, 6) is 1.10. The lowest BCUT2D eigenvalue weighted by Crippen LogP contribution is -2.50. The fourth-order valence-electron chi connectivity index (χ4n) is 7.25. The molecule has 2 aromatic heterocycles. The molecule has 7 rings (SSSR count). The van der Waals surface area contributed by atoms with Crippen LogP contribution in [-0.4, -0.2) is 51.0 Å². The maximum absolute atomic E-state index is 12.4. The first-order chi connectivity index (χ1) is 19.4. The number of nitrogens with one attached hydrogen (secondary N) is 1. The van der Waals surface area contributed by atoms with Crippen LogP contribution in [0.5, 0.6) is 0 Å². The second-order valence-electron chi connectivity index (χ2n) is 12.1. The van der Waals surface area contributed by atoms with E-state index < -0.39 is 6.03 Å². The van der Waals surface area contributed by atoms with Gasteiger partial charge in [0.1, 0.15) is 11.5 Å². The van der Waals surface area contributed by atoms with Gasteiger partial charge in [-0.1, -0.05) is 31.0 Å². The predicted octanol–water partition coefficient (Wildman–Crippen LogP) is 4.78. The van der Waals surface area contributed by atoms with Crippen molar-refractivity contribution in [3.8, 4) is 11.5 Å². The molecule has 4 aliphatic rings. The topological polar surface area (TPSA) is 86.6 Å². The summed E-state index contributed by atoms with van der Waals surface area (Å²) < 4.78 is 1.87. The van der Waals surface area contributed by atoms with Crippen LogP contribution in [-0.2, 0) is 24.9 Å². The average molecular weight is 540 g/mol. The van der Waals surface area contributed by atoms with Crippen LogP contribution < -0.4 is 15.1 Å². The molecule has 2 saturated heterocycles. The average Bonchev–Trinajstić information content (AvgIpc) is 3.74. The Kier molecular flexibility index (Phi) is 6.14. The number of carbonyl (C=O) groups excluding carboxylic acids is 2. The summed E-state index contributed by atoms with van der Waals surface area (Å²) in [6.45, 7) is 6.73. The Balaban J connectivity index is 1.04. The number of hydrogen-bond acceptors (Lipinski definition) is 6. The van der Waals surface area contributed by atoms with E-state index in [-0.39, 0.29) is 18.4 Å². The lowest BCUT2D eigenvalue weighted by molar-refractivity contribution is -0.120. The van der Waals surface area contributed by atoms with E-state index in [9.17, 15) is 9.59 Å². The van der Waals surface area contributed by atoms with Gasteiger partial charge in [-0.15, -0.1) is 0 Å². The van der Waals surface area contributed by atoms with Crippen LogP contribution in [0.1, 0.15) is 68.3 Å². The first-order valence-corrected chi connectivity index (χ1v) is 14.6. The third-order valence-corrected chi connectivity index (χ3v) is 9.64. The Morgan fingerprint density at radius 1 is 1.02 bits per heavy atom. The molecule has 3 fully saturated rings. The van der Waals surface area contributed by atoms with Crippen molar-refractivity contribution in [3.63, 3.8) is 0 Å². The normalized spacial score (nSPS) is 22.4. The van der Waals surface area contributed by atoms with Gasteiger partial charge in [-0.25, -0.2) is 14.8 Å². The first kappa shape index (κ1) is 25.3. The number of amides is 3. The predicted molar refractivity (Wildman–Crippen MR) is 154 cm³/mol. The van der Waals surface area contributed by atoms with Crippen LogP contribution in [0.15, 0.2) is 42.6 Å². The summed E-state index contributed by atoms with van der Waals surface area (Å²) in [6.07, 6.45) is 8.92. The van der Waals surface area contributed by atoms with Crippen LogP contribution >= 0.6 is 0 Å². The number of fused-ring (bicyclic) bond motifs is 1. The van der Waals surface area contributed by atoms with Gasteiger partial charge in [0.2, 0.25) is 5.91 Å². The molecule has 3 aromatic rings. The molecule has 0 bridgehead atoms. The number of benzene rings is 1. The molecule has 1 N–H and O–H groups in total. The molecule has 40 heavy (non-hydrogen) atoms. The molecule has 5 heterocycles. The summed E-state index contributed by atoms with van der Waals surface area (Å²) >= 11 is 0. The number of anilines is 2. The number of aromatic nitrogens is 3. The van der Waals surface area contributed by atoms with Gasteiger partial charge in [-0.3, -0.25) is 19.9 Å². The summed E-state index contributed by atoms with van der Waals surface area (Å²) in [4.78, 5) is 40.2. The molecule has 208 valence electrons. The number of carbonyl (C=O) groups is 2. The zero-order valence-corrected chi connectivity index (χ0v) is 23.4. The van der Waals surface area contributed by atoms with Gasteiger partial charge in [0, 0.05) is 51.9 Å². The van der Waals surface area contributed by atoms with E-state index >= 15 is 0 Å². The second kappa shape index (κ2) is 9.73. The molecule has 1 atom stereocenters. The van der Waals surface area contributed by atoms with Crippen LogP contribution in [0.25, 0.3) is 11.5 Å². The van der Waals surface area contributed by atoms with Gasteiger partial charge in [0.05, 0.1) is 17.9 Å². The Morgan fingerprint density at radius 3 is 2.60 bits per heavy atom. The zero-order valence-electron chi connectivity index (χ0n) is 23.4. The number of imide groups is 1. The van der Waals surface area contributed by atoms with E-state index in [1.165, 1.54) is 62.0 Å². The number of hydrogen-bond donors (Lipinski definition) is 1. The fourth-order valence-corrected chi connectivity index (χ4v) is 7.25. The SMILES string of the molecule is C[C@H]1c2nc(-c3ncc(N4CCC(=O)NC4=O)n3C)ccc2CN1Cc1ccc(N2CCC3(CCCC3)C2)cc1. The third kappa shape index (κ3) is 4.36. The number of rotatable bonds is 5. The fraction of sp³-hybridized carbons (Fsp3) is 0.484. The minimum Gasteiger partial charge on any atom is -0.371 e. The Labute approximate surface area is 235 Å². The lowest BCUT2D eigenvalue weighted by atomic mass is 9.86. The van der Waals surface area contributed by atoms with Gasteiger partial charge in [0.15, 0.2) is 5.82 Å². The van der Waals surface area contributed by atoms with Crippen molar-refractivity contribution in [2.75, 3.05) is 29.4 Å². The molecular weight excluding hydrogens is 502 g/mol. The van der Waals surface area contributed by atoms with E-state index in [0.29, 0.717) is 23.6 Å². The highest BCUT2D eigenvalue weighted by molar-refractivity contribution is 6.05. The van der Waals surface area contributed by atoms with E-state index in [2.05, 4.69) is 57.4 Å². The Morgan fingerprint density at radius 2 is 1.82 bits per heavy atom. The summed E-state index contributed by atoms with van der Waals surface area (Å²) in [5, 5.41) is 2.38. The summed E-state index contributed by atoms with van der Waals surface area (Å²) in [7, 11) is 1.88. The van der Waals surface area contributed by atoms with Crippen LogP contribution in [0, 0.1) is 5.41 Å². The summed E-state index contributed by atoms with van der Waals surface area (Å²) in [5.41, 5.74) is 6.38. The maximum atomic E-state index is 12.4. The number of urea groups is 1. The molecule has 9 heteroatoms. The van der Waals surface area contributed by atoms with Crippen molar-refractivity contribution in [3.05, 3.63) is 59.4 Å². The molecule has 9 nitrogen and oxygen atoms in total. The molecule has 3 aliphatic heterocycles. The van der Waals surface area contributed by atoms with Crippen molar-refractivity contribution in [2.45, 2.75) is 64.6 Å². The Hall–Kier alpha value is -3.72. The highest BCUT2D eigenvalue weighted by Gasteiger charge is 2.40. The van der Waals surface area contributed by atoms with Gasteiger partial charge < -0.3 is 9.47 Å². The van der Waals surface area contributed by atoms with Crippen LogP contribution in [0.4, 0.5) is 16.3 Å². The molecule has 3 amide bonds. The van der Waals surface area contributed by atoms with Crippen molar-refractivity contribution in [1.29, 1.82) is 0 Å². The van der Waals surface area contributed by atoms with Gasteiger partial charge >= 0.3 is 6.03 Å². The standard InChI is InChI=1S/C31H37N7O2/c1-21-28-23(7-10-25(33-28)29-32-17-27(35(29)2)38-15-11-26(39)34-30(38)40)19-37(21)18-22-5-8-24(9-6-22)36-16-14-31(20-36)12-3-4-13-31/h5-10,17,21H,3-4,11-16,18-20H2,1-2H3,(H,34,39,40)/t21-/m0/s1. The molecule has 1 aromatic carbocycles. The molecular formula is C31H37N7O2. The van der Waals surface area contributed by atoms with E-state index in [0.717, 1.165) is 24.5 Å². The smallest absolute Gasteiger partial charge is 0.329 e. The van der Waals surface area contributed by atoms with Crippen LogP contribution in [0.3, 0.4) is 0 Å². The van der Waals surface area contributed by atoms with Crippen molar-refractivity contribution < 1.29 is 9.59 Å². The second-order valence-corrected chi connectivity index (χ2v) is 12.1. The van der Waals surface area contributed by atoms with E-state index in [4.69, 9.17) is 4.98 Å². The minimum atomic E-state index is -0.414. The largest absolute Gasteiger partial charge is 0.371 e. The maximum Gasteiger partial charge on any atom is 0.329 e. The molecule has 1 spiro atoms. The third-order valence-electron chi connectivity index (χ3n) is 9.64. The summed E-state index contributed by atoms with van der Waals surface area (Å²) in [6, 6.07) is 13.2. The Bertz CT molecular complexity index is 1460. The van der Waals surface area contributed by atoms with Gasteiger partial charge in [0.25, 0.3) is 0 Å². The quantitative estimate of drug-likeness (QED) is 0.503. The highest BCUT2D eigenvalue weighted by atomic mass is 16.2. The number of imidazole rings is 1. The lowest BCUT2D eigenvalue weighted by Gasteiger charge is -2.26. The van der Waals surface area contributed by atoms with Crippen molar-refractivity contribution >= 4 is 23.4 Å². The monoisotopic (exact) mass is 539 g/mol.